The summed E-state index contributed by atoms with van der Waals surface area (Å²) in [6.45, 7) is 1.95. The van der Waals surface area contributed by atoms with Crippen molar-refractivity contribution in [3.8, 4) is 0 Å². The first-order valence-corrected chi connectivity index (χ1v) is 5.47. The Bertz CT molecular complexity index is 350. The zero-order valence-electron chi connectivity index (χ0n) is 7.23. The van der Waals surface area contributed by atoms with Crippen LogP contribution in [-0.4, -0.2) is 13.1 Å². The van der Waals surface area contributed by atoms with Crippen LogP contribution in [0.5, 0.6) is 0 Å². The van der Waals surface area contributed by atoms with E-state index in [4.69, 9.17) is 0 Å². The van der Waals surface area contributed by atoms with Crippen LogP contribution < -0.4 is 0 Å². The highest BCUT2D eigenvalue weighted by atomic mass is 127. The SMILES string of the molecule is COC(=O)c1cc(C)cc(I)c1Br. The molecule has 0 aliphatic rings. The highest BCUT2D eigenvalue weighted by Crippen LogP contribution is 2.25. The first-order chi connectivity index (χ1) is 6.06. The molecule has 0 saturated carbocycles. The van der Waals surface area contributed by atoms with Crippen molar-refractivity contribution in [2.45, 2.75) is 6.92 Å². The minimum absolute atomic E-state index is 0.312. The quantitative estimate of drug-likeness (QED) is 0.572. The van der Waals surface area contributed by atoms with E-state index in [9.17, 15) is 4.79 Å². The van der Waals surface area contributed by atoms with Crippen molar-refractivity contribution in [3.05, 3.63) is 31.3 Å². The van der Waals surface area contributed by atoms with Gasteiger partial charge in [-0.05, 0) is 63.1 Å². The van der Waals surface area contributed by atoms with Gasteiger partial charge in [-0.25, -0.2) is 4.79 Å². The summed E-state index contributed by atoms with van der Waals surface area (Å²) in [5.74, 6) is -0.312. The maximum atomic E-state index is 11.3. The Hall–Kier alpha value is -0.100. The fourth-order valence-electron chi connectivity index (χ4n) is 0.983. The molecule has 0 bridgehead atoms. The molecule has 0 aliphatic carbocycles. The van der Waals surface area contributed by atoms with Gasteiger partial charge in [-0.2, -0.15) is 0 Å². The van der Waals surface area contributed by atoms with Gasteiger partial charge in [0.05, 0.1) is 12.7 Å². The van der Waals surface area contributed by atoms with Crippen molar-refractivity contribution < 1.29 is 9.53 Å². The van der Waals surface area contributed by atoms with E-state index in [2.05, 4.69) is 43.3 Å². The number of aryl methyl sites for hydroxylation is 1. The maximum Gasteiger partial charge on any atom is 0.339 e. The average Bonchev–Trinajstić information content (AvgIpc) is 2.10. The van der Waals surface area contributed by atoms with E-state index in [-0.39, 0.29) is 5.97 Å². The predicted octanol–water partition coefficient (Wildman–Crippen LogP) is 3.15. The number of halogens is 2. The third-order valence-corrected chi connectivity index (χ3v) is 4.02. The van der Waals surface area contributed by atoms with Gasteiger partial charge in [-0.1, -0.05) is 0 Å². The molecule has 70 valence electrons. The molecule has 1 rings (SSSR count). The summed E-state index contributed by atoms with van der Waals surface area (Å²) in [5, 5.41) is 0. The third-order valence-electron chi connectivity index (χ3n) is 1.58. The molecule has 0 atom stereocenters. The summed E-state index contributed by atoms with van der Waals surface area (Å²) in [6, 6.07) is 3.80. The number of carbonyl (C=O) groups excluding carboxylic acids is 1. The molecule has 1 aromatic carbocycles. The molecular weight excluding hydrogens is 347 g/mol. The van der Waals surface area contributed by atoms with E-state index in [0.717, 1.165) is 13.6 Å². The van der Waals surface area contributed by atoms with Crippen LogP contribution in [0.2, 0.25) is 0 Å². The Morgan fingerprint density at radius 1 is 1.54 bits per heavy atom. The number of ether oxygens (including phenoxy) is 1. The van der Waals surface area contributed by atoms with Crippen molar-refractivity contribution in [3.63, 3.8) is 0 Å². The highest BCUT2D eigenvalue weighted by Gasteiger charge is 2.12. The molecule has 2 nitrogen and oxygen atoms in total. The van der Waals surface area contributed by atoms with Crippen LogP contribution in [0.1, 0.15) is 15.9 Å². The fourth-order valence-corrected chi connectivity index (χ4v) is 2.16. The smallest absolute Gasteiger partial charge is 0.339 e. The molecule has 0 aliphatic heterocycles. The van der Waals surface area contributed by atoms with Gasteiger partial charge in [0, 0.05) is 8.04 Å². The maximum absolute atomic E-state index is 11.3. The standard InChI is InChI=1S/C9H8BrIO2/c1-5-3-6(9(12)13-2)8(10)7(11)4-5/h3-4H,1-2H3. The molecular formula is C9H8BrIO2. The molecule has 0 radical (unpaired) electrons. The summed E-state index contributed by atoms with van der Waals surface area (Å²) in [5.41, 5.74) is 1.62. The first-order valence-electron chi connectivity index (χ1n) is 3.60. The van der Waals surface area contributed by atoms with Gasteiger partial charge in [0.2, 0.25) is 0 Å². The van der Waals surface area contributed by atoms with Crippen LogP contribution in [0.15, 0.2) is 16.6 Å². The van der Waals surface area contributed by atoms with Crippen LogP contribution in [0.25, 0.3) is 0 Å². The van der Waals surface area contributed by atoms with Gasteiger partial charge < -0.3 is 4.74 Å². The lowest BCUT2D eigenvalue weighted by Gasteiger charge is -2.05. The largest absolute Gasteiger partial charge is 0.465 e. The van der Waals surface area contributed by atoms with Gasteiger partial charge in [-0.15, -0.1) is 0 Å². The molecule has 0 heterocycles. The second-order valence-electron chi connectivity index (χ2n) is 2.60. The van der Waals surface area contributed by atoms with Crippen molar-refractivity contribution in [1.82, 2.24) is 0 Å². The Kier molecular flexibility index (Phi) is 3.73. The average molecular weight is 355 g/mol. The van der Waals surface area contributed by atoms with Gasteiger partial charge in [0.15, 0.2) is 0 Å². The summed E-state index contributed by atoms with van der Waals surface area (Å²) < 4.78 is 6.46. The van der Waals surface area contributed by atoms with E-state index in [0.29, 0.717) is 5.56 Å². The monoisotopic (exact) mass is 354 g/mol. The van der Waals surface area contributed by atoms with Crippen molar-refractivity contribution in [2.24, 2.45) is 0 Å². The number of benzene rings is 1. The number of hydrogen-bond acceptors (Lipinski definition) is 2. The number of rotatable bonds is 1. The molecule has 0 saturated heterocycles. The van der Waals surface area contributed by atoms with Crippen LogP contribution in [0, 0.1) is 10.5 Å². The highest BCUT2D eigenvalue weighted by molar-refractivity contribution is 14.1. The van der Waals surface area contributed by atoms with Gasteiger partial charge in [-0.3, -0.25) is 0 Å². The van der Waals surface area contributed by atoms with Crippen LogP contribution >= 0.6 is 38.5 Å². The molecule has 13 heavy (non-hydrogen) atoms. The number of carbonyl (C=O) groups is 1. The molecule has 4 heteroatoms. The number of esters is 1. The van der Waals surface area contributed by atoms with E-state index in [1.807, 2.05) is 13.0 Å². The topological polar surface area (TPSA) is 26.3 Å². The fraction of sp³-hybridized carbons (Fsp3) is 0.222. The van der Waals surface area contributed by atoms with E-state index in [1.165, 1.54) is 7.11 Å². The Balaban J connectivity index is 3.28. The van der Waals surface area contributed by atoms with Crippen LogP contribution in [-0.2, 0) is 4.74 Å². The first kappa shape index (κ1) is 11.0. The van der Waals surface area contributed by atoms with Gasteiger partial charge >= 0.3 is 5.97 Å². The summed E-state index contributed by atoms with van der Waals surface area (Å²) in [7, 11) is 1.38. The second kappa shape index (κ2) is 4.41. The van der Waals surface area contributed by atoms with Crippen LogP contribution in [0.4, 0.5) is 0 Å². The van der Waals surface area contributed by atoms with Crippen LogP contribution in [0.3, 0.4) is 0 Å². The zero-order chi connectivity index (χ0) is 10.0. The minimum atomic E-state index is -0.312. The van der Waals surface area contributed by atoms with Crippen molar-refractivity contribution in [1.29, 1.82) is 0 Å². The number of hydrogen-bond donors (Lipinski definition) is 0. The molecule has 0 N–H and O–H groups in total. The lowest BCUT2D eigenvalue weighted by atomic mass is 10.1. The Morgan fingerprint density at radius 3 is 2.69 bits per heavy atom. The van der Waals surface area contributed by atoms with Crippen molar-refractivity contribution >= 4 is 44.5 Å². The summed E-state index contributed by atoms with van der Waals surface area (Å²) in [4.78, 5) is 11.3. The van der Waals surface area contributed by atoms with E-state index < -0.39 is 0 Å². The molecule has 1 aromatic rings. The summed E-state index contributed by atoms with van der Waals surface area (Å²) in [6.07, 6.45) is 0. The van der Waals surface area contributed by atoms with Crippen molar-refractivity contribution in [2.75, 3.05) is 7.11 Å². The Labute approximate surface area is 98.9 Å². The van der Waals surface area contributed by atoms with E-state index in [1.54, 1.807) is 6.07 Å². The second-order valence-corrected chi connectivity index (χ2v) is 4.56. The number of methoxy groups -OCH3 is 1. The molecule has 0 aromatic heterocycles. The summed E-state index contributed by atoms with van der Waals surface area (Å²) >= 11 is 5.52. The lowest BCUT2D eigenvalue weighted by Crippen LogP contribution is -2.03. The Morgan fingerprint density at radius 2 is 2.15 bits per heavy atom. The normalized spacial score (nSPS) is 9.85. The zero-order valence-corrected chi connectivity index (χ0v) is 11.0. The minimum Gasteiger partial charge on any atom is -0.465 e. The molecule has 0 unspecified atom stereocenters. The lowest BCUT2D eigenvalue weighted by molar-refractivity contribution is 0.0599. The van der Waals surface area contributed by atoms with Gasteiger partial charge in [0.25, 0.3) is 0 Å². The molecule has 0 spiro atoms. The third kappa shape index (κ3) is 2.43. The predicted molar refractivity (Wildman–Crippen MR) is 62.9 cm³/mol. The van der Waals surface area contributed by atoms with Gasteiger partial charge in [0.1, 0.15) is 0 Å². The molecule has 0 fully saturated rings. The van der Waals surface area contributed by atoms with E-state index >= 15 is 0 Å². The molecule has 0 amide bonds.